The normalized spacial score (nSPS) is 14.9. The summed E-state index contributed by atoms with van der Waals surface area (Å²) < 4.78 is 11.0. The molecule has 2 rings (SSSR count). The van der Waals surface area contributed by atoms with Gasteiger partial charge in [-0.2, -0.15) is 0 Å². The highest BCUT2D eigenvalue weighted by Crippen LogP contribution is 2.19. The minimum Gasteiger partial charge on any atom is -0.475 e. The zero-order chi connectivity index (χ0) is 13.5. The van der Waals surface area contributed by atoms with Crippen molar-refractivity contribution < 1.29 is 9.47 Å². The predicted molar refractivity (Wildman–Crippen MR) is 75.3 cm³/mol. The first-order valence-corrected chi connectivity index (χ1v) is 7.13. The Hall–Kier alpha value is -1.13. The Morgan fingerprint density at radius 2 is 2.16 bits per heavy atom. The Kier molecular flexibility index (Phi) is 5.61. The van der Waals surface area contributed by atoms with Gasteiger partial charge in [0.2, 0.25) is 5.88 Å². The van der Waals surface area contributed by atoms with Crippen LogP contribution >= 0.6 is 0 Å². The summed E-state index contributed by atoms with van der Waals surface area (Å²) in [6, 6.07) is 4.72. The van der Waals surface area contributed by atoms with Gasteiger partial charge in [0.15, 0.2) is 0 Å². The molecule has 0 bridgehead atoms. The van der Waals surface area contributed by atoms with Crippen LogP contribution < -0.4 is 10.1 Å². The van der Waals surface area contributed by atoms with Gasteiger partial charge >= 0.3 is 0 Å². The number of nitrogens with one attached hydrogen (secondary N) is 1. The summed E-state index contributed by atoms with van der Waals surface area (Å²) in [7, 11) is 0. The highest BCUT2D eigenvalue weighted by atomic mass is 16.5. The SMILES string of the molecule is CC(C)COCCOc1ccc(CNC2CC2)cn1. The molecule has 1 N–H and O–H groups in total. The average molecular weight is 264 g/mol. The van der Waals surface area contributed by atoms with Crippen LogP contribution in [-0.2, 0) is 11.3 Å². The van der Waals surface area contributed by atoms with Crippen molar-refractivity contribution in [1.29, 1.82) is 0 Å². The van der Waals surface area contributed by atoms with E-state index in [0.717, 1.165) is 19.2 Å². The van der Waals surface area contributed by atoms with E-state index >= 15 is 0 Å². The molecular weight excluding hydrogens is 240 g/mol. The topological polar surface area (TPSA) is 43.4 Å². The number of aromatic nitrogens is 1. The Morgan fingerprint density at radius 3 is 2.79 bits per heavy atom. The maximum absolute atomic E-state index is 5.52. The number of hydrogen-bond acceptors (Lipinski definition) is 4. The number of nitrogens with zero attached hydrogens (tertiary/aromatic N) is 1. The zero-order valence-corrected chi connectivity index (χ0v) is 11.9. The Morgan fingerprint density at radius 1 is 1.32 bits per heavy atom. The Labute approximate surface area is 115 Å². The first kappa shape index (κ1) is 14.3. The van der Waals surface area contributed by atoms with Crippen LogP contribution in [-0.4, -0.2) is 30.8 Å². The van der Waals surface area contributed by atoms with Crippen molar-refractivity contribution in [2.24, 2.45) is 5.92 Å². The molecule has 0 saturated heterocycles. The molecule has 1 saturated carbocycles. The molecule has 19 heavy (non-hydrogen) atoms. The van der Waals surface area contributed by atoms with E-state index < -0.39 is 0 Å². The van der Waals surface area contributed by atoms with Crippen molar-refractivity contribution in [3.05, 3.63) is 23.9 Å². The summed E-state index contributed by atoms with van der Waals surface area (Å²) in [4.78, 5) is 4.29. The number of ether oxygens (including phenoxy) is 2. The molecule has 0 atom stereocenters. The van der Waals surface area contributed by atoms with Crippen molar-refractivity contribution in [1.82, 2.24) is 10.3 Å². The fraction of sp³-hybridized carbons (Fsp3) is 0.667. The minimum atomic E-state index is 0.555. The van der Waals surface area contributed by atoms with Gasteiger partial charge in [0, 0.05) is 31.5 Å². The summed E-state index contributed by atoms with van der Waals surface area (Å²) in [6.07, 6.45) is 4.50. The molecule has 4 heteroatoms. The number of rotatable bonds is 9. The van der Waals surface area contributed by atoms with E-state index in [2.05, 4.69) is 30.2 Å². The molecule has 0 amide bonds. The molecule has 106 valence electrons. The lowest BCUT2D eigenvalue weighted by Crippen LogP contribution is -2.15. The fourth-order valence-corrected chi connectivity index (χ4v) is 1.67. The van der Waals surface area contributed by atoms with Crippen molar-refractivity contribution in [3.63, 3.8) is 0 Å². The molecule has 0 radical (unpaired) electrons. The van der Waals surface area contributed by atoms with E-state index in [4.69, 9.17) is 9.47 Å². The van der Waals surface area contributed by atoms with Gasteiger partial charge in [0.1, 0.15) is 6.61 Å². The average Bonchev–Trinajstić information content (AvgIpc) is 3.21. The van der Waals surface area contributed by atoms with Gasteiger partial charge in [0.25, 0.3) is 0 Å². The first-order valence-electron chi connectivity index (χ1n) is 7.13. The highest BCUT2D eigenvalue weighted by molar-refractivity contribution is 5.17. The Balaban J connectivity index is 1.60. The van der Waals surface area contributed by atoms with Crippen molar-refractivity contribution in [3.8, 4) is 5.88 Å². The van der Waals surface area contributed by atoms with E-state index in [0.29, 0.717) is 25.0 Å². The van der Waals surface area contributed by atoms with Gasteiger partial charge in [-0.3, -0.25) is 0 Å². The molecule has 1 aromatic heterocycles. The largest absolute Gasteiger partial charge is 0.475 e. The third kappa shape index (κ3) is 6.03. The van der Waals surface area contributed by atoms with Crippen LogP contribution in [0.2, 0.25) is 0 Å². The van der Waals surface area contributed by atoms with E-state index in [1.54, 1.807) is 0 Å². The van der Waals surface area contributed by atoms with Crippen LogP contribution in [0.25, 0.3) is 0 Å². The third-order valence-corrected chi connectivity index (χ3v) is 2.90. The van der Waals surface area contributed by atoms with Crippen LogP contribution in [0.4, 0.5) is 0 Å². The lowest BCUT2D eigenvalue weighted by Gasteiger charge is -2.08. The quantitative estimate of drug-likeness (QED) is 0.695. The maximum Gasteiger partial charge on any atom is 0.213 e. The Bertz CT molecular complexity index is 361. The number of pyridine rings is 1. The van der Waals surface area contributed by atoms with Crippen molar-refractivity contribution in [2.45, 2.75) is 39.3 Å². The smallest absolute Gasteiger partial charge is 0.213 e. The van der Waals surface area contributed by atoms with E-state index in [-0.39, 0.29) is 0 Å². The molecule has 1 aromatic rings. The predicted octanol–water partition coefficient (Wildman–Crippen LogP) is 2.39. The van der Waals surface area contributed by atoms with Gasteiger partial charge < -0.3 is 14.8 Å². The zero-order valence-electron chi connectivity index (χ0n) is 11.9. The number of hydrogen-bond donors (Lipinski definition) is 1. The second-order valence-corrected chi connectivity index (χ2v) is 5.48. The molecule has 1 aliphatic carbocycles. The molecule has 1 heterocycles. The second kappa shape index (κ2) is 7.46. The summed E-state index contributed by atoms with van der Waals surface area (Å²) in [5.41, 5.74) is 1.20. The van der Waals surface area contributed by atoms with Crippen LogP contribution in [0, 0.1) is 5.92 Å². The van der Waals surface area contributed by atoms with Gasteiger partial charge in [-0.15, -0.1) is 0 Å². The molecular formula is C15H24N2O2. The lowest BCUT2D eigenvalue weighted by molar-refractivity contribution is 0.0806. The van der Waals surface area contributed by atoms with E-state index in [1.807, 2.05) is 12.3 Å². The van der Waals surface area contributed by atoms with Gasteiger partial charge in [-0.05, 0) is 24.3 Å². The van der Waals surface area contributed by atoms with Crippen LogP contribution in [0.5, 0.6) is 5.88 Å². The van der Waals surface area contributed by atoms with Gasteiger partial charge in [0.05, 0.1) is 6.61 Å². The lowest BCUT2D eigenvalue weighted by atomic mass is 10.2. The van der Waals surface area contributed by atoms with Crippen molar-refractivity contribution >= 4 is 0 Å². The van der Waals surface area contributed by atoms with Gasteiger partial charge in [-0.1, -0.05) is 19.9 Å². The molecule has 0 unspecified atom stereocenters. The summed E-state index contributed by atoms with van der Waals surface area (Å²) in [6.45, 7) is 7.12. The summed E-state index contributed by atoms with van der Waals surface area (Å²) in [5, 5.41) is 3.46. The first-order chi connectivity index (χ1) is 9.24. The van der Waals surface area contributed by atoms with E-state index in [9.17, 15) is 0 Å². The maximum atomic E-state index is 5.52. The molecule has 1 aliphatic rings. The molecule has 0 spiro atoms. The summed E-state index contributed by atoms with van der Waals surface area (Å²) in [5.74, 6) is 1.24. The van der Waals surface area contributed by atoms with Crippen molar-refractivity contribution in [2.75, 3.05) is 19.8 Å². The minimum absolute atomic E-state index is 0.555. The summed E-state index contributed by atoms with van der Waals surface area (Å²) >= 11 is 0. The fourth-order valence-electron chi connectivity index (χ4n) is 1.67. The van der Waals surface area contributed by atoms with E-state index in [1.165, 1.54) is 18.4 Å². The standard InChI is InChI=1S/C15H24N2O2/c1-12(2)11-18-7-8-19-15-6-3-13(10-17-15)9-16-14-4-5-14/h3,6,10,12,14,16H,4-5,7-9,11H2,1-2H3. The van der Waals surface area contributed by atoms with Crippen LogP contribution in [0.3, 0.4) is 0 Å². The third-order valence-electron chi connectivity index (χ3n) is 2.90. The monoisotopic (exact) mass is 264 g/mol. The second-order valence-electron chi connectivity index (χ2n) is 5.48. The molecule has 1 fully saturated rings. The molecule has 4 nitrogen and oxygen atoms in total. The molecule has 0 aromatic carbocycles. The van der Waals surface area contributed by atoms with Crippen LogP contribution in [0.1, 0.15) is 32.3 Å². The highest BCUT2D eigenvalue weighted by Gasteiger charge is 2.19. The molecule has 0 aliphatic heterocycles. The van der Waals surface area contributed by atoms with Crippen LogP contribution in [0.15, 0.2) is 18.3 Å². The van der Waals surface area contributed by atoms with Gasteiger partial charge in [-0.25, -0.2) is 4.98 Å².